The molecule has 0 spiro atoms. The molecule has 1 aliphatic heterocycles. The zero-order chi connectivity index (χ0) is 10.4. The maximum atomic E-state index is 13.7. The third-order valence-electron chi connectivity index (χ3n) is 2.48. The summed E-state index contributed by atoms with van der Waals surface area (Å²) in [6.07, 6.45) is 0.502. The van der Waals surface area contributed by atoms with E-state index in [0.717, 1.165) is 0 Å². The Morgan fingerprint density at radius 1 is 1.47 bits per heavy atom. The van der Waals surface area contributed by atoms with Crippen molar-refractivity contribution in [1.82, 2.24) is 20.2 Å². The third-order valence-corrected chi connectivity index (χ3v) is 2.48. The number of hydrogen-bond donors (Lipinski definition) is 0. The molecule has 0 amide bonds. The molecule has 0 unspecified atom stereocenters. The monoisotopic (exact) mass is 204 g/mol. The van der Waals surface area contributed by atoms with Crippen molar-refractivity contribution in [3.63, 3.8) is 0 Å². The lowest BCUT2D eigenvalue weighted by Crippen LogP contribution is -1.99. The molecule has 3 rings (SSSR count). The van der Waals surface area contributed by atoms with E-state index in [1.165, 1.54) is 10.7 Å². The van der Waals surface area contributed by atoms with Crippen LogP contribution in [0.2, 0.25) is 0 Å². The highest BCUT2D eigenvalue weighted by atomic mass is 19.1. The van der Waals surface area contributed by atoms with Crippen molar-refractivity contribution in [3.05, 3.63) is 29.1 Å². The summed E-state index contributed by atoms with van der Waals surface area (Å²) >= 11 is 0. The number of benzene rings is 1. The van der Waals surface area contributed by atoms with E-state index in [1.54, 1.807) is 6.07 Å². The lowest BCUT2D eigenvalue weighted by atomic mass is 10.1. The summed E-state index contributed by atoms with van der Waals surface area (Å²) in [6, 6.07) is 3.10. The molecule has 15 heavy (non-hydrogen) atoms. The predicted octanol–water partition coefficient (Wildman–Crippen LogP) is 0.653. The largest absolute Gasteiger partial charge is 0.298 e. The van der Waals surface area contributed by atoms with Crippen LogP contribution in [0.4, 0.5) is 4.39 Å². The number of nitrogens with zero attached hydrogens (tertiary/aromatic N) is 4. The van der Waals surface area contributed by atoms with Gasteiger partial charge in [-0.2, -0.15) is 0 Å². The average molecular weight is 204 g/mol. The Bertz CT molecular complexity index is 563. The van der Waals surface area contributed by atoms with E-state index in [-0.39, 0.29) is 12.1 Å². The first-order valence-corrected chi connectivity index (χ1v) is 4.34. The summed E-state index contributed by atoms with van der Waals surface area (Å²) in [6.45, 7) is 0.283. The van der Waals surface area contributed by atoms with Gasteiger partial charge in [-0.1, -0.05) is 0 Å². The van der Waals surface area contributed by atoms with Crippen molar-refractivity contribution >= 4 is 6.29 Å². The highest BCUT2D eigenvalue weighted by Crippen LogP contribution is 2.31. The van der Waals surface area contributed by atoms with Crippen molar-refractivity contribution in [3.8, 4) is 11.4 Å². The topological polar surface area (TPSA) is 60.7 Å². The second kappa shape index (κ2) is 2.69. The van der Waals surface area contributed by atoms with Gasteiger partial charge in [0, 0.05) is 11.1 Å². The fourth-order valence-electron chi connectivity index (χ4n) is 1.75. The van der Waals surface area contributed by atoms with Gasteiger partial charge >= 0.3 is 0 Å². The van der Waals surface area contributed by atoms with Crippen molar-refractivity contribution in [1.29, 1.82) is 0 Å². The van der Waals surface area contributed by atoms with E-state index in [9.17, 15) is 9.18 Å². The van der Waals surface area contributed by atoms with Gasteiger partial charge < -0.3 is 0 Å². The Balaban J connectivity index is 2.29. The van der Waals surface area contributed by atoms with Gasteiger partial charge in [-0.3, -0.25) is 4.79 Å². The van der Waals surface area contributed by atoms with Crippen LogP contribution in [0.15, 0.2) is 12.1 Å². The van der Waals surface area contributed by atoms with Gasteiger partial charge in [-0.05, 0) is 22.6 Å². The van der Waals surface area contributed by atoms with E-state index in [1.807, 2.05) is 0 Å². The van der Waals surface area contributed by atoms with E-state index in [2.05, 4.69) is 15.5 Å². The molecule has 2 heterocycles. The summed E-state index contributed by atoms with van der Waals surface area (Å²) in [5, 5.41) is 11.0. The standard InChI is InChI=1S/C9H5FN4O/c10-8-5(4-15)1-2-6-7(8)3-14-9(6)11-12-13-14/h1-2,4H,3H2. The second-order valence-electron chi connectivity index (χ2n) is 3.27. The number of rotatable bonds is 1. The molecular weight excluding hydrogens is 199 g/mol. The lowest BCUT2D eigenvalue weighted by Gasteiger charge is -2.00. The van der Waals surface area contributed by atoms with Crippen LogP contribution < -0.4 is 0 Å². The zero-order valence-electron chi connectivity index (χ0n) is 7.51. The van der Waals surface area contributed by atoms with Crippen LogP contribution in [-0.2, 0) is 6.54 Å². The minimum absolute atomic E-state index is 0.0625. The molecule has 1 aromatic carbocycles. The Hall–Kier alpha value is -2.11. The Morgan fingerprint density at radius 2 is 2.33 bits per heavy atom. The summed E-state index contributed by atoms with van der Waals surface area (Å²) in [5.74, 6) is 0.0520. The zero-order valence-corrected chi connectivity index (χ0v) is 7.51. The Kier molecular flexibility index (Phi) is 1.47. The summed E-state index contributed by atoms with van der Waals surface area (Å²) in [4.78, 5) is 10.5. The maximum Gasteiger partial charge on any atom is 0.182 e. The fraction of sp³-hybridized carbons (Fsp3) is 0.111. The highest BCUT2D eigenvalue weighted by molar-refractivity contribution is 5.79. The molecule has 0 fully saturated rings. The van der Waals surface area contributed by atoms with E-state index < -0.39 is 5.82 Å². The Morgan fingerprint density at radius 3 is 3.13 bits per heavy atom. The fourth-order valence-corrected chi connectivity index (χ4v) is 1.75. The molecule has 0 aliphatic carbocycles. The number of aromatic nitrogens is 4. The number of hydrogen-bond acceptors (Lipinski definition) is 4. The second-order valence-corrected chi connectivity index (χ2v) is 3.27. The lowest BCUT2D eigenvalue weighted by molar-refractivity contribution is 0.111. The molecule has 0 bridgehead atoms. The van der Waals surface area contributed by atoms with Crippen LogP contribution in [-0.4, -0.2) is 26.5 Å². The van der Waals surface area contributed by atoms with Crippen molar-refractivity contribution in [2.45, 2.75) is 6.54 Å². The molecule has 0 radical (unpaired) electrons. The van der Waals surface area contributed by atoms with Gasteiger partial charge in [0.25, 0.3) is 0 Å². The minimum atomic E-state index is -0.491. The van der Waals surface area contributed by atoms with E-state index >= 15 is 0 Å². The van der Waals surface area contributed by atoms with Crippen LogP contribution in [0.5, 0.6) is 0 Å². The van der Waals surface area contributed by atoms with Gasteiger partial charge in [0.05, 0.1) is 12.1 Å². The summed E-state index contributed by atoms with van der Waals surface area (Å²) in [7, 11) is 0. The van der Waals surface area contributed by atoms with Crippen LogP contribution in [0.1, 0.15) is 15.9 Å². The summed E-state index contributed by atoms with van der Waals surface area (Å²) < 4.78 is 15.2. The molecular formula is C9H5FN4O. The predicted molar refractivity (Wildman–Crippen MR) is 47.7 cm³/mol. The number of halogens is 1. The number of fused-ring (bicyclic) bond motifs is 3. The van der Waals surface area contributed by atoms with Crippen LogP contribution in [0.25, 0.3) is 11.4 Å². The molecule has 1 aromatic heterocycles. The van der Waals surface area contributed by atoms with E-state index in [4.69, 9.17) is 0 Å². The number of aldehydes is 1. The molecule has 0 atom stereocenters. The molecule has 1 aliphatic rings. The number of tetrazole rings is 1. The normalized spacial score (nSPS) is 12.3. The molecule has 0 saturated carbocycles. The SMILES string of the molecule is O=Cc1ccc2c(c1F)Cn1nnnc1-2. The van der Waals surface area contributed by atoms with E-state index in [0.29, 0.717) is 23.2 Å². The highest BCUT2D eigenvalue weighted by Gasteiger charge is 2.25. The van der Waals surface area contributed by atoms with Crippen LogP contribution in [0.3, 0.4) is 0 Å². The van der Waals surface area contributed by atoms with Crippen molar-refractivity contribution in [2.75, 3.05) is 0 Å². The van der Waals surface area contributed by atoms with Gasteiger partial charge in [0.2, 0.25) is 0 Å². The maximum absolute atomic E-state index is 13.7. The van der Waals surface area contributed by atoms with Crippen LogP contribution >= 0.6 is 0 Å². The molecule has 2 aromatic rings. The Labute approximate surface area is 83.5 Å². The first-order chi connectivity index (χ1) is 7.31. The minimum Gasteiger partial charge on any atom is -0.298 e. The number of carbonyl (C=O) groups excluding carboxylic acids is 1. The third kappa shape index (κ3) is 0.955. The van der Waals surface area contributed by atoms with Gasteiger partial charge in [-0.25, -0.2) is 9.07 Å². The molecule has 5 nitrogen and oxygen atoms in total. The smallest absolute Gasteiger partial charge is 0.182 e. The summed E-state index contributed by atoms with van der Waals surface area (Å²) in [5.41, 5.74) is 1.17. The average Bonchev–Trinajstić information content (AvgIpc) is 2.79. The molecule has 0 N–H and O–H groups in total. The van der Waals surface area contributed by atoms with Gasteiger partial charge in [-0.15, -0.1) is 5.10 Å². The molecule has 74 valence electrons. The number of carbonyl (C=O) groups is 1. The molecule has 0 saturated heterocycles. The quantitative estimate of drug-likeness (QED) is 0.546. The molecule has 6 heteroatoms. The first-order valence-electron chi connectivity index (χ1n) is 4.34. The van der Waals surface area contributed by atoms with Crippen LogP contribution in [0, 0.1) is 5.82 Å². The van der Waals surface area contributed by atoms with Crippen molar-refractivity contribution in [2.24, 2.45) is 0 Å². The first kappa shape index (κ1) is 8.22. The van der Waals surface area contributed by atoms with Crippen molar-refractivity contribution < 1.29 is 9.18 Å². The van der Waals surface area contributed by atoms with Gasteiger partial charge in [0.1, 0.15) is 5.82 Å². The van der Waals surface area contributed by atoms with Gasteiger partial charge in [0.15, 0.2) is 12.1 Å².